The number of amides is 3. The quantitative estimate of drug-likeness (QED) is 0.328. The number of nitrogens with one attached hydrogen (secondary N) is 2. The number of esters is 1. The summed E-state index contributed by atoms with van der Waals surface area (Å²) in [7, 11) is 1.21. The minimum Gasteiger partial charge on any atom is -0.465 e. The van der Waals surface area contributed by atoms with E-state index < -0.39 is 46.2 Å². The smallest absolute Gasteiger partial charge is 0.418 e. The second-order valence-electron chi connectivity index (χ2n) is 7.88. The number of hydrogen-bond acceptors (Lipinski definition) is 6. The van der Waals surface area contributed by atoms with Crippen LogP contribution in [0.4, 0.5) is 30.2 Å². The summed E-state index contributed by atoms with van der Waals surface area (Å²) >= 11 is 6.14. The van der Waals surface area contributed by atoms with Gasteiger partial charge in [-0.3, -0.25) is 14.4 Å². The fourth-order valence-corrected chi connectivity index (χ4v) is 3.84. The van der Waals surface area contributed by atoms with Crippen molar-refractivity contribution in [3.05, 3.63) is 100 Å². The summed E-state index contributed by atoms with van der Waals surface area (Å²) in [5, 5.41) is 4.53. The maximum Gasteiger partial charge on any atom is 0.418 e. The lowest BCUT2D eigenvalue weighted by atomic mass is 10.1. The van der Waals surface area contributed by atoms with Gasteiger partial charge in [-0.15, -0.1) is 0 Å². The van der Waals surface area contributed by atoms with Crippen molar-refractivity contribution in [2.24, 2.45) is 0 Å². The highest BCUT2D eigenvalue weighted by Gasteiger charge is 2.39. The maximum absolute atomic E-state index is 13.3. The van der Waals surface area contributed by atoms with Gasteiger partial charge in [0.1, 0.15) is 10.7 Å². The fourth-order valence-electron chi connectivity index (χ4n) is 3.63. The lowest BCUT2D eigenvalue weighted by Crippen LogP contribution is -2.32. The number of imide groups is 1. The third-order valence-electron chi connectivity index (χ3n) is 5.45. The van der Waals surface area contributed by atoms with E-state index in [4.69, 9.17) is 11.6 Å². The van der Waals surface area contributed by atoms with E-state index in [9.17, 15) is 32.3 Å². The lowest BCUT2D eigenvalue weighted by molar-refractivity contribution is -0.137. The Bertz CT molecular complexity index is 1490. The Balaban J connectivity index is 1.53. The van der Waals surface area contributed by atoms with Gasteiger partial charge in [0, 0.05) is 11.3 Å². The summed E-state index contributed by atoms with van der Waals surface area (Å²) in [6.45, 7) is 0. The van der Waals surface area contributed by atoms with Crippen molar-refractivity contribution in [3.63, 3.8) is 0 Å². The molecule has 0 spiro atoms. The molecule has 0 aromatic heterocycles. The molecule has 38 heavy (non-hydrogen) atoms. The van der Waals surface area contributed by atoms with Gasteiger partial charge in [0.15, 0.2) is 0 Å². The van der Waals surface area contributed by atoms with E-state index in [-0.39, 0.29) is 28.2 Å². The molecule has 4 rings (SSSR count). The number of hydrogen-bond donors (Lipinski definition) is 2. The third-order valence-corrected chi connectivity index (χ3v) is 5.80. The molecule has 0 saturated carbocycles. The van der Waals surface area contributed by atoms with Gasteiger partial charge in [-0.1, -0.05) is 29.8 Å². The molecule has 3 aromatic carbocycles. The van der Waals surface area contributed by atoms with Crippen molar-refractivity contribution in [1.29, 1.82) is 0 Å². The molecule has 1 aliphatic rings. The molecule has 3 aromatic rings. The maximum atomic E-state index is 13.3. The highest BCUT2D eigenvalue weighted by Crippen LogP contribution is 2.35. The van der Waals surface area contributed by atoms with Gasteiger partial charge >= 0.3 is 12.1 Å². The van der Waals surface area contributed by atoms with E-state index in [2.05, 4.69) is 15.4 Å². The number of methoxy groups -OCH3 is 1. The minimum atomic E-state index is -4.67. The molecule has 8 nitrogen and oxygen atoms in total. The van der Waals surface area contributed by atoms with Gasteiger partial charge in [0.2, 0.25) is 0 Å². The van der Waals surface area contributed by atoms with E-state index in [1.165, 1.54) is 67.8 Å². The number of alkyl halides is 3. The van der Waals surface area contributed by atoms with Gasteiger partial charge in [-0.2, -0.15) is 13.2 Å². The number of halogens is 4. The molecular formula is C26H17ClF3N3O5. The van der Waals surface area contributed by atoms with Crippen molar-refractivity contribution in [3.8, 4) is 0 Å². The molecular weight excluding hydrogens is 527 g/mol. The van der Waals surface area contributed by atoms with Gasteiger partial charge in [0.25, 0.3) is 17.7 Å². The average molecular weight is 544 g/mol. The molecule has 0 radical (unpaired) electrons. The zero-order valence-electron chi connectivity index (χ0n) is 19.4. The summed E-state index contributed by atoms with van der Waals surface area (Å²) in [4.78, 5) is 50.9. The summed E-state index contributed by atoms with van der Waals surface area (Å²) < 4.78 is 44.4. The molecule has 1 aliphatic heterocycles. The second-order valence-corrected chi connectivity index (χ2v) is 8.25. The topological polar surface area (TPSA) is 105 Å². The van der Waals surface area contributed by atoms with Crippen LogP contribution in [-0.4, -0.2) is 30.8 Å². The van der Waals surface area contributed by atoms with Gasteiger partial charge < -0.3 is 15.4 Å². The fraction of sp³-hybridized carbons (Fsp3) is 0.0769. The molecule has 12 heteroatoms. The molecule has 0 unspecified atom stereocenters. The molecule has 2 N–H and O–H groups in total. The van der Waals surface area contributed by atoms with Crippen LogP contribution < -0.4 is 15.5 Å². The normalized spacial score (nSPS) is 13.6. The molecule has 0 atom stereocenters. The van der Waals surface area contributed by atoms with Crippen LogP contribution in [0.1, 0.15) is 26.3 Å². The standard InChI is InChI=1S/C26H17ClF3N3O5/c1-38-25(37)14-9-11-17(12-10-14)33-23(35)20(27)21(24(33)36)31-16-6-4-5-15(13-16)22(34)32-19-8-3-2-7-18(19)26(28,29)30/h2-13,31H,1H3,(H,32,34). The first-order valence-corrected chi connectivity index (χ1v) is 11.2. The zero-order chi connectivity index (χ0) is 27.6. The van der Waals surface area contributed by atoms with Crippen molar-refractivity contribution in [1.82, 2.24) is 0 Å². The summed E-state index contributed by atoms with van der Waals surface area (Å²) in [5.41, 5.74) is -1.17. The van der Waals surface area contributed by atoms with Crippen LogP contribution in [0.3, 0.4) is 0 Å². The Kier molecular flexibility index (Phi) is 7.22. The predicted octanol–water partition coefficient (Wildman–Crippen LogP) is 5.18. The Labute approximate surface area is 218 Å². The summed E-state index contributed by atoms with van der Waals surface area (Å²) in [5.74, 6) is -3.03. The highest BCUT2D eigenvalue weighted by atomic mass is 35.5. The van der Waals surface area contributed by atoms with E-state index >= 15 is 0 Å². The first-order chi connectivity index (χ1) is 18.0. The number of rotatable bonds is 6. The summed E-state index contributed by atoms with van der Waals surface area (Å²) in [6.07, 6.45) is -4.67. The van der Waals surface area contributed by atoms with Crippen LogP contribution in [0.5, 0.6) is 0 Å². The average Bonchev–Trinajstić information content (AvgIpc) is 3.11. The van der Waals surface area contributed by atoms with E-state index in [0.717, 1.165) is 17.0 Å². The SMILES string of the molecule is COC(=O)c1ccc(N2C(=O)C(Cl)=C(Nc3cccc(C(=O)Nc4ccccc4C(F)(F)F)c3)C2=O)cc1. The third kappa shape index (κ3) is 5.23. The molecule has 194 valence electrons. The Morgan fingerprint density at radius 3 is 2.24 bits per heavy atom. The van der Waals surface area contributed by atoms with Crippen LogP contribution in [0.2, 0.25) is 0 Å². The van der Waals surface area contributed by atoms with Crippen molar-refractivity contribution < 1.29 is 37.1 Å². The van der Waals surface area contributed by atoms with Crippen LogP contribution in [0, 0.1) is 0 Å². The molecule has 1 heterocycles. The monoisotopic (exact) mass is 543 g/mol. The number of carbonyl (C=O) groups excluding carboxylic acids is 4. The number of benzene rings is 3. The van der Waals surface area contributed by atoms with E-state index in [1.54, 1.807) is 0 Å². The number of nitrogens with zero attached hydrogens (tertiary/aromatic N) is 1. The number of carbonyl (C=O) groups is 4. The first-order valence-electron chi connectivity index (χ1n) is 10.8. The molecule has 0 fully saturated rings. The number of para-hydroxylation sites is 1. The first kappa shape index (κ1) is 26.4. The van der Waals surface area contributed by atoms with Crippen molar-refractivity contribution >= 4 is 52.4 Å². The second kappa shape index (κ2) is 10.4. The Morgan fingerprint density at radius 2 is 1.58 bits per heavy atom. The van der Waals surface area contributed by atoms with Crippen LogP contribution in [-0.2, 0) is 20.5 Å². The summed E-state index contributed by atoms with van der Waals surface area (Å²) in [6, 6.07) is 15.6. The van der Waals surface area contributed by atoms with Gasteiger partial charge in [0.05, 0.1) is 29.6 Å². The lowest BCUT2D eigenvalue weighted by Gasteiger charge is -2.16. The molecule has 0 aliphatic carbocycles. The van der Waals surface area contributed by atoms with E-state index in [1.807, 2.05) is 0 Å². The minimum absolute atomic E-state index is 0.0178. The predicted molar refractivity (Wildman–Crippen MR) is 133 cm³/mol. The Hall–Kier alpha value is -4.64. The van der Waals surface area contributed by atoms with Gasteiger partial charge in [-0.25, -0.2) is 9.69 Å². The van der Waals surface area contributed by atoms with Crippen LogP contribution in [0.25, 0.3) is 0 Å². The zero-order valence-corrected chi connectivity index (χ0v) is 20.2. The van der Waals surface area contributed by atoms with Crippen molar-refractivity contribution in [2.45, 2.75) is 6.18 Å². The molecule has 3 amide bonds. The number of anilines is 3. The van der Waals surface area contributed by atoms with Crippen LogP contribution in [0.15, 0.2) is 83.5 Å². The Morgan fingerprint density at radius 1 is 0.895 bits per heavy atom. The van der Waals surface area contributed by atoms with E-state index in [0.29, 0.717) is 0 Å². The molecule has 0 saturated heterocycles. The molecule has 0 bridgehead atoms. The number of ether oxygens (including phenoxy) is 1. The largest absolute Gasteiger partial charge is 0.465 e. The van der Waals surface area contributed by atoms with Gasteiger partial charge in [-0.05, 0) is 54.6 Å². The van der Waals surface area contributed by atoms with Crippen LogP contribution >= 0.6 is 11.6 Å². The van der Waals surface area contributed by atoms with Crippen molar-refractivity contribution in [2.75, 3.05) is 22.6 Å². The highest BCUT2D eigenvalue weighted by molar-refractivity contribution is 6.53.